The number of rotatable bonds is 7. The standard InChI is InChI=1S/C27H29Cl2FN6O2/c1-16(24-20(28)12-33-13-21(24)29)38-18-3-4-23(31)19(10-18)25(32)17-9-22(30)26(34-11-17)35-14-27(2,15-35)36-5-7-37-8-6-36/h3-4,9-13,16,32H,5-8,14-15,31H2,1-2H3/t16-/m1/s1. The Hall–Kier alpha value is -2.98. The summed E-state index contributed by atoms with van der Waals surface area (Å²) >= 11 is 12.5. The monoisotopic (exact) mass is 558 g/mol. The molecule has 1 aromatic carbocycles. The second kappa shape index (κ2) is 10.6. The number of nitrogen functional groups attached to an aromatic ring is 1. The SMILES string of the molecule is C[C@@H](Oc1ccc(N)c(C(=N)c2cnc(N3CC(C)(N4CCOCC4)C3)c(F)c2)c1)c1c(Cl)cncc1Cl. The van der Waals surface area contributed by atoms with Gasteiger partial charge in [-0.15, -0.1) is 0 Å². The van der Waals surface area contributed by atoms with E-state index in [1.807, 2.05) is 11.8 Å². The van der Waals surface area contributed by atoms with Gasteiger partial charge >= 0.3 is 0 Å². The highest BCUT2D eigenvalue weighted by atomic mass is 35.5. The molecule has 1 atom stereocenters. The molecule has 2 aliphatic rings. The number of morpholine rings is 1. The van der Waals surface area contributed by atoms with Crippen LogP contribution in [0.2, 0.25) is 10.0 Å². The van der Waals surface area contributed by atoms with Crippen LogP contribution in [0.5, 0.6) is 5.75 Å². The summed E-state index contributed by atoms with van der Waals surface area (Å²) in [6, 6.07) is 6.32. The van der Waals surface area contributed by atoms with Gasteiger partial charge in [0.1, 0.15) is 11.9 Å². The van der Waals surface area contributed by atoms with Crippen molar-refractivity contribution in [3.05, 3.63) is 75.4 Å². The third-order valence-electron chi connectivity index (χ3n) is 7.15. The number of nitrogens with two attached hydrogens (primary N) is 1. The Labute approximate surface area is 231 Å². The van der Waals surface area contributed by atoms with Crippen molar-refractivity contribution in [2.45, 2.75) is 25.5 Å². The van der Waals surface area contributed by atoms with Crippen molar-refractivity contribution in [2.24, 2.45) is 0 Å². The summed E-state index contributed by atoms with van der Waals surface area (Å²) < 4.78 is 26.7. The second-order valence-electron chi connectivity index (χ2n) is 9.88. The summed E-state index contributed by atoms with van der Waals surface area (Å²) in [6.07, 6.45) is 4.03. The molecule has 0 amide bonds. The van der Waals surface area contributed by atoms with Crippen LogP contribution in [0.15, 0.2) is 42.9 Å². The van der Waals surface area contributed by atoms with Crippen molar-refractivity contribution in [1.29, 1.82) is 5.41 Å². The first-order valence-electron chi connectivity index (χ1n) is 12.3. The molecule has 0 unspecified atom stereocenters. The van der Waals surface area contributed by atoms with Crippen molar-refractivity contribution >= 4 is 40.4 Å². The quantitative estimate of drug-likeness (QED) is 0.311. The fourth-order valence-electron chi connectivity index (χ4n) is 5.08. The van der Waals surface area contributed by atoms with Gasteiger partial charge in [0, 0.05) is 67.1 Å². The number of benzene rings is 1. The second-order valence-corrected chi connectivity index (χ2v) is 10.7. The smallest absolute Gasteiger partial charge is 0.166 e. The molecule has 0 bridgehead atoms. The zero-order valence-electron chi connectivity index (χ0n) is 21.2. The largest absolute Gasteiger partial charge is 0.486 e. The van der Waals surface area contributed by atoms with Crippen LogP contribution >= 0.6 is 23.2 Å². The van der Waals surface area contributed by atoms with Gasteiger partial charge < -0.3 is 20.1 Å². The minimum Gasteiger partial charge on any atom is -0.486 e. The molecule has 200 valence electrons. The molecule has 0 spiro atoms. The zero-order chi connectivity index (χ0) is 27.0. The van der Waals surface area contributed by atoms with E-state index in [0.717, 1.165) is 26.3 Å². The van der Waals surface area contributed by atoms with Gasteiger partial charge in [0.05, 0.1) is 34.5 Å². The average Bonchev–Trinajstić information content (AvgIpc) is 2.88. The fourth-order valence-corrected chi connectivity index (χ4v) is 5.75. The first-order chi connectivity index (χ1) is 18.2. The van der Waals surface area contributed by atoms with Gasteiger partial charge in [0.15, 0.2) is 11.6 Å². The summed E-state index contributed by atoms with van der Waals surface area (Å²) in [5, 5.41) is 9.51. The number of hydrogen-bond acceptors (Lipinski definition) is 8. The molecule has 4 heterocycles. The van der Waals surface area contributed by atoms with Crippen LogP contribution in [0.25, 0.3) is 0 Å². The fraction of sp³-hybridized carbons (Fsp3) is 0.370. The van der Waals surface area contributed by atoms with Crippen LogP contribution in [-0.4, -0.2) is 65.5 Å². The molecule has 3 aromatic rings. The molecule has 38 heavy (non-hydrogen) atoms. The molecule has 2 fully saturated rings. The number of aromatic nitrogens is 2. The number of pyridine rings is 2. The van der Waals surface area contributed by atoms with Crippen LogP contribution in [0.1, 0.15) is 36.6 Å². The summed E-state index contributed by atoms with van der Waals surface area (Å²) in [7, 11) is 0. The van der Waals surface area contributed by atoms with E-state index < -0.39 is 11.9 Å². The molecule has 3 N–H and O–H groups in total. The lowest BCUT2D eigenvalue weighted by molar-refractivity contribution is -0.0268. The van der Waals surface area contributed by atoms with Crippen molar-refractivity contribution in [2.75, 3.05) is 50.0 Å². The molecule has 2 aromatic heterocycles. The van der Waals surface area contributed by atoms with Gasteiger partial charge in [-0.2, -0.15) is 0 Å². The summed E-state index contributed by atoms with van der Waals surface area (Å²) in [4.78, 5) is 12.7. The molecule has 2 saturated heterocycles. The first kappa shape index (κ1) is 26.6. The Morgan fingerprint density at radius 2 is 1.84 bits per heavy atom. The third-order valence-corrected chi connectivity index (χ3v) is 7.75. The van der Waals surface area contributed by atoms with Crippen molar-refractivity contribution in [3.63, 3.8) is 0 Å². The highest BCUT2D eigenvalue weighted by molar-refractivity contribution is 6.35. The van der Waals surface area contributed by atoms with Gasteiger partial charge in [-0.3, -0.25) is 15.3 Å². The van der Waals surface area contributed by atoms with E-state index in [2.05, 4.69) is 21.8 Å². The maximum absolute atomic E-state index is 15.2. The van der Waals surface area contributed by atoms with E-state index in [9.17, 15) is 0 Å². The van der Waals surface area contributed by atoms with E-state index in [1.165, 1.54) is 24.7 Å². The first-order valence-corrected chi connectivity index (χ1v) is 13.1. The molecule has 8 nitrogen and oxygen atoms in total. The van der Waals surface area contributed by atoms with E-state index in [1.54, 1.807) is 18.2 Å². The Morgan fingerprint density at radius 1 is 1.16 bits per heavy atom. The number of nitrogens with one attached hydrogen (secondary N) is 1. The molecule has 11 heteroatoms. The molecule has 0 radical (unpaired) electrons. The van der Waals surface area contributed by atoms with Gasteiger partial charge in [-0.05, 0) is 38.1 Å². The topological polar surface area (TPSA) is 101 Å². The molecular formula is C27H29Cl2FN6O2. The lowest BCUT2D eigenvalue weighted by Gasteiger charge is -2.55. The Bertz CT molecular complexity index is 1340. The third kappa shape index (κ3) is 5.16. The van der Waals surface area contributed by atoms with Crippen LogP contribution in [0.3, 0.4) is 0 Å². The number of anilines is 2. The molecule has 2 aliphatic heterocycles. The number of hydrogen-bond donors (Lipinski definition) is 2. The average molecular weight is 559 g/mol. The van der Waals surface area contributed by atoms with Crippen LogP contribution in [0, 0.1) is 11.2 Å². The van der Waals surface area contributed by atoms with Crippen LogP contribution in [0.4, 0.5) is 15.9 Å². The van der Waals surface area contributed by atoms with E-state index in [-0.39, 0.29) is 17.1 Å². The highest BCUT2D eigenvalue weighted by Gasteiger charge is 2.45. The lowest BCUT2D eigenvalue weighted by Crippen LogP contribution is -2.70. The van der Waals surface area contributed by atoms with Crippen molar-refractivity contribution in [3.8, 4) is 5.75 Å². The predicted molar refractivity (Wildman–Crippen MR) is 147 cm³/mol. The minimum absolute atomic E-state index is 0.0278. The summed E-state index contributed by atoms with van der Waals surface area (Å²) in [5.41, 5.74) is 7.89. The summed E-state index contributed by atoms with van der Waals surface area (Å²) in [6.45, 7) is 8.56. The minimum atomic E-state index is -0.485. The van der Waals surface area contributed by atoms with Gasteiger partial charge in [-0.1, -0.05) is 23.2 Å². The van der Waals surface area contributed by atoms with Gasteiger partial charge in [0.25, 0.3) is 0 Å². The lowest BCUT2D eigenvalue weighted by atomic mass is 9.89. The Balaban J connectivity index is 1.31. The van der Waals surface area contributed by atoms with Crippen molar-refractivity contribution in [1.82, 2.24) is 14.9 Å². The van der Waals surface area contributed by atoms with Crippen LogP contribution < -0.4 is 15.4 Å². The maximum Gasteiger partial charge on any atom is 0.166 e. The highest BCUT2D eigenvalue weighted by Crippen LogP contribution is 2.35. The van der Waals surface area contributed by atoms with Crippen molar-refractivity contribution < 1.29 is 13.9 Å². The van der Waals surface area contributed by atoms with E-state index in [4.69, 9.17) is 43.8 Å². The number of ether oxygens (including phenoxy) is 2. The van der Waals surface area contributed by atoms with E-state index in [0.29, 0.717) is 51.3 Å². The molecule has 0 aliphatic carbocycles. The van der Waals surface area contributed by atoms with E-state index >= 15 is 4.39 Å². The Morgan fingerprint density at radius 3 is 2.50 bits per heavy atom. The summed E-state index contributed by atoms with van der Waals surface area (Å²) in [5.74, 6) is 0.276. The van der Waals surface area contributed by atoms with Crippen LogP contribution in [-0.2, 0) is 4.74 Å². The Kier molecular flexibility index (Phi) is 7.46. The predicted octanol–water partition coefficient (Wildman–Crippen LogP) is 4.97. The molecular weight excluding hydrogens is 530 g/mol. The normalized spacial score (nSPS) is 18.1. The maximum atomic E-state index is 15.2. The zero-order valence-corrected chi connectivity index (χ0v) is 22.7. The molecule has 0 saturated carbocycles. The van der Waals surface area contributed by atoms with Gasteiger partial charge in [-0.25, -0.2) is 9.37 Å². The molecule has 5 rings (SSSR count). The van der Waals surface area contributed by atoms with Gasteiger partial charge in [0.2, 0.25) is 0 Å². The number of halogens is 3. The number of nitrogens with zero attached hydrogens (tertiary/aromatic N) is 4.